The van der Waals surface area contributed by atoms with Crippen molar-refractivity contribution in [1.82, 2.24) is 4.90 Å². The van der Waals surface area contributed by atoms with Crippen LogP contribution in [0.5, 0.6) is 0 Å². The molecule has 1 heterocycles. The second-order valence-corrected chi connectivity index (χ2v) is 5.06. The van der Waals surface area contributed by atoms with Crippen LogP contribution in [0, 0.1) is 0 Å². The number of nitrogens with zero attached hydrogens (tertiary/aromatic N) is 1. The first-order chi connectivity index (χ1) is 6.89. The van der Waals surface area contributed by atoms with Crippen molar-refractivity contribution in [2.75, 3.05) is 6.61 Å². The van der Waals surface area contributed by atoms with Crippen molar-refractivity contribution in [3.8, 4) is 0 Å². The van der Waals surface area contributed by atoms with Gasteiger partial charge in [-0.1, -0.05) is 13.3 Å². The third-order valence-corrected chi connectivity index (χ3v) is 3.48. The molecule has 1 aliphatic heterocycles. The van der Waals surface area contributed by atoms with Gasteiger partial charge < -0.3 is 10.2 Å². The molecule has 1 rings (SSSR count). The maximum atomic E-state index is 11.3. The van der Waals surface area contributed by atoms with Crippen LogP contribution in [-0.4, -0.2) is 38.9 Å². The highest BCUT2D eigenvalue weighted by Crippen LogP contribution is 2.43. The van der Waals surface area contributed by atoms with E-state index in [2.05, 4.69) is 0 Å². The van der Waals surface area contributed by atoms with E-state index in [1.807, 2.05) is 20.8 Å². The van der Waals surface area contributed by atoms with E-state index in [9.17, 15) is 15.0 Å². The Labute approximate surface area is 90.9 Å². The number of hydrogen-bond donors (Lipinski definition) is 2. The maximum absolute atomic E-state index is 11.3. The Bertz CT molecular complexity index is 252. The second kappa shape index (κ2) is 4.00. The molecule has 1 aliphatic rings. The summed E-state index contributed by atoms with van der Waals surface area (Å²) in [4.78, 5) is 12.7. The molecule has 0 aromatic heterocycles. The fraction of sp³-hybridized carbons (Fsp3) is 0.909. The van der Waals surface area contributed by atoms with Crippen molar-refractivity contribution < 1.29 is 15.0 Å². The number of carbonyl (C=O) groups is 1. The van der Waals surface area contributed by atoms with Crippen LogP contribution >= 0.6 is 0 Å². The summed E-state index contributed by atoms with van der Waals surface area (Å²) >= 11 is 0. The average molecular weight is 215 g/mol. The Balaban J connectivity index is 3.02. The predicted octanol–water partition coefficient (Wildman–Crippen LogP) is 2.07. The minimum atomic E-state index is -0.917. The number of carboxylic acid groups (broad SMARTS) is 1. The molecule has 2 N–H and O–H groups in total. The number of aliphatic hydroxyl groups excluding tert-OH is 1. The zero-order valence-electron chi connectivity index (χ0n) is 9.79. The summed E-state index contributed by atoms with van der Waals surface area (Å²) < 4.78 is 0. The van der Waals surface area contributed by atoms with Gasteiger partial charge in [0.05, 0.1) is 12.1 Å². The minimum absolute atomic E-state index is 0.0728. The SMILES string of the molecule is CCCC1(CO)CCC(C)(C)N1C(=O)O. The Hall–Kier alpha value is -0.770. The number of hydrogen-bond acceptors (Lipinski definition) is 2. The molecule has 0 aliphatic carbocycles. The van der Waals surface area contributed by atoms with Gasteiger partial charge in [0, 0.05) is 5.54 Å². The molecule has 1 atom stereocenters. The van der Waals surface area contributed by atoms with Crippen molar-refractivity contribution in [2.24, 2.45) is 0 Å². The minimum Gasteiger partial charge on any atom is -0.465 e. The van der Waals surface area contributed by atoms with Crippen LogP contribution in [0.1, 0.15) is 46.5 Å². The molecule has 1 saturated heterocycles. The van der Waals surface area contributed by atoms with Gasteiger partial charge in [-0.3, -0.25) is 4.90 Å². The molecule has 4 heteroatoms. The fourth-order valence-corrected chi connectivity index (χ4v) is 2.80. The van der Waals surface area contributed by atoms with Crippen LogP contribution in [-0.2, 0) is 0 Å². The van der Waals surface area contributed by atoms with Gasteiger partial charge in [0.1, 0.15) is 0 Å². The van der Waals surface area contributed by atoms with Crippen molar-refractivity contribution in [3.63, 3.8) is 0 Å². The summed E-state index contributed by atoms with van der Waals surface area (Å²) in [5.74, 6) is 0. The van der Waals surface area contributed by atoms with E-state index in [4.69, 9.17) is 0 Å². The molecule has 0 radical (unpaired) electrons. The highest BCUT2D eigenvalue weighted by Gasteiger charge is 2.52. The van der Waals surface area contributed by atoms with E-state index in [0.29, 0.717) is 0 Å². The standard InChI is InChI=1S/C11H21NO3/c1-4-5-11(8-13)7-6-10(2,3)12(11)9(14)15/h13H,4-8H2,1-3H3,(H,14,15). The lowest BCUT2D eigenvalue weighted by Gasteiger charge is -2.41. The first kappa shape index (κ1) is 12.3. The zero-order chi connectivity index (χ0) is 11.7. The van der Waals surface area contributed by atoms with Crippen molar-refractivity contribution >= 4 is 6.09 Å². The first-order valence-corrected chi connectivity index (χ1v) is 5.54. The Morgan fingerprint density at radius 2 is 2.00 bits per heavy atom. The third kappa shape index (κ3) is 1.95. The van der Waals surface area contributed by atoms with Gasteiger partial charge in [-0.15, -0.1) is 0 Å². The van der Waals surface area contributed by atoms with Gasteiger partial charge in [-0.05, 0) is 33.1 Å². The molecule has 15 heavy (non-hydrogen) atoms. The molecule has 1 unspecified atom stereocenters. The number of likely N-dealkylation sites (tertiary alicyclic amines) is 1. The molecule has 0 aromatic carbocycles. The summed E-state index contributed by atoms with van der Waals surface area (Å²) in [5.41, 5.74) is -0.909. The normalized spacial score (nSPS) is 29.5. The number of rotatable bonds is 3. The number of amides is 1. The van der Waals surface area contributed by atoms with Gasteiger partial charge in [0.2, 0.25) is 0 Å². The van der Waals surface area contributed by atoms with E-state index in [0.717, 1.165) is 25.7 Å². The summed E-state index contributed by atoms with van der Waals surface area (Å²) in [5, 5.41) is 18.8. The molecule has 1 amide bonds. The van der Waals surface area contributed by atoms with Crippen LogP contribution < -0.4 is 0 Å². The Morgan fingerprint density at radius 3 is 2.40 bits per heavy atom. The van der Waals surface area contributed by atoms with Gasteiger partial charge in [-0.2, -0.15) is 0 Å². The molecule has 88 valence electrons. The molecule has 0 bridgehead atoms. The number of aliphatic hydroxyl groups is 1. The lowest BCUT2D eigenvalue weighted by molar-refractivity contribution is 0.0158. The summed E-state index contributed by atoms with van der Waals surface area (Å²) in [7, 11) is 0. The van der Waals surface area contributed by atoms with Crippen molar-refractivity contribution in [2.45, 2.75) is 57.5 Å². The molecule has 0 spiro atoms. The average Bonchev–Trinajstić information content (AvgIpc) is 2.39. The van der Waals surface area contributed by atoms with E-state index >= 15 is 0 Å². The van der Waals surface area contributed by atoms with Gasteiger partial charge in [-0.25, -0.2) is 4.79 Å². The predicted molar refractivity (Wildman–Crippen MR) is 57.9 cm³/mol. The Kier molecular flexibility index (Phi) is 3.28. The molecular formula is C11H21NO3. The van der Waals surface area contributed by atoms with E-state index in [1.165, 1.54) is 4.90 Å². The molecular weight excluding hydrogens is 194 g/mol. The van der Waals surface area contributed by atoms with E-state index < -0.39 is 11.6 Å². The van der Waals surface area contributed by atoms with Crippen LogP contribution in [0.15, 0.2) is 0 Å². The summed E-state index contributed by atoms with van der Waals surface area (Å²) in [6.07, 6.45) is 2.29. The highest BCUT2D eigenvalue weighted by molar-refractivity contribution is 5.68. The fourth-order valence-electron chi connectivity index (χ4n) is 2.80. The van der Waals surface area contributed by atoms with Crippen LogP contribution in [0.2, 0.25) is 0 Å². The Morgan fingerprint density at radius 1 is 1.40 bits per heavy atom. The van der Waals surface area contributed by atoms with Gasteiger partial charge in [0.25, 0.3) is 0 Å². The van der Waals surface area contributed by atoms with E-state index in [1.54, 1.807) is 0 Å². The molecule has 0 aromatic rings. The highest BCUT2D eigenvalue weighted by atomic mass is 16.4. The second-order valence-electron chi connectivity index (χ2n) is 5.06. The van der Waals surface area contributed by atoms with Gasteiger partial charge in [0.15, 0.2) is 0 Å². The van der Waals surface area contributed by atoms with Gasteiger partial charge >= 0.3 is 6.09 Å². The summed E-state index contributed by atoms with van der Waals surface area (Å²) in [6, 6.07) is 0. The van der Waals surface area contributed by atoms with Crippen LogP contribution in [0.25, 0.3) is 0 Å². The molecule has 1 fully saturated rings. The first-order valence-electron chi connectivity index (χ1n) is 5.54. The lowest BCUT2D eigenvalue weighted by atomic mass is 9.92. The topological polar surface area (TPSA) is 60.8 Å². The monoisotopic (exact) mass is 215 g/mol. The molecule has 4 nitrogen and oxygen atoms in total. The largest absolute Gasteiger partial charge is 0.465 e. The van der Waals surface area contributed by atoms with Crippen LogP contribution in [0.3, 0.4) is 0 Å². The zero-order valence-corrected chi connectivity index (χ0v) is 9.79. The van der Waals surface area contributed by atoms with Crippen LogP contribution in [0.4, 0.5) is 4.79 Å². The quantitative estimate of drug-likeness (QED) is 0.757. The smallest absolute Gasteiger partial charge is 0.408 e. The third-order valence-electron chi connectivity index (χ3n) is 3.48. The lowest BCUT2D eigenvalue weighted by Crippen LogP contribution is -2.56. The van der Waals surface area contributed by atoms with E-state index in [-0.39, 0.29) is 12.1 Å². The van der Waals surface area contributed by atoms with Crippen molar-refractivity contribution in [1.29, 1.82) is 0 Å². The summed E-state index contributed by atoms with van der Waals surface area (Å²) in [6.45, 7) is 5.79. The van der Waals surface area contributed by atoms with Crippen molar-refractivity contribution in [3.05, 3.63) is 0 Å². The maximum Gasteiger partial charge on any atom is 0.408 e. The molecule has 0 saturated carbocycles.